The Bertz CT molecular complexity index is 724. The summed E-state index contributed by atoms with van der Waals surface area (Å²) < 4.78 is 5.35. The molecule has 1 fully saturated rings. The third kappa shape index (κ3) is 6.51. The minimum atomic E-state index is -0.571. The van der Waals surface area contributed by atoms with Gasteiger partial charge < -0.3 is 15.4 Å². The van der Waals surface area contributed by atoms with Crippen LogP contribution in [0, 0.1) is 5.92 Å². The minimum Gasteiger partial charge on any atom is -0.444 e. The summed E-state index contributed by atoms with van der Waals surface area (Å²) in [6.45, 7) is 13.5. The molecule has 2 rings (SSSR count). The number of alkyl carbamates (subject to hydrolysis) is 1. The number of nitrogens with zero attached hydrogens (tertiary/aromatic N) is 1. The largest absolute Gasteiger partial charge is 0.444 e. The van der Waals surface area contributed by atoms with Crippen molar-refractivity contribution in [2.45, 2.75) is 57.6 Å². The molecule has 0 spiro atoms. The molecule has 6 heteroatoms. The number of hydrogen-bond acceptors (Lipinski definition) is 4. The van der Waals surface area contributed by atoms with Gasteiger partial charge in [0, 0.05) is 18.7 Å². The van der Waals surface area contributed by atoms with Gasteiger partial charge in [0.1, 0.15) is 5.60 Å². The predicted octanol–water partition coefficient (Wildman–Crippen LogP) is 4.02. The van der Waals surface area contributed by atoms with Crippen LogP contribution in [0.1, 0.15) is 63.3 Å². The molecule has 28 heavy (non-hydrogen) atoms. The molecule has 0 bridgehead atoms. The van der Waals surface area contributed by atoms with Crippen molar-refractivity contribution in [1.29, 1.82) is 0 Å². The third-order valence-electron chi connectivity index (χ3n) is 4.46. The Kier molecular flexibility index (Phi) is 7.38. The Morgan fingerprint density at radius 3 is 2.75 bits per heavy atom. The number of pyridine rings is 1. The first-order valence-corrected chi connectivity index (χ1v) is 9.70. The highest BCUT2D eigenvalue weighted by Crippen LogP contribution is 2.47. The fourth-order valence-electron chi connectivity index (χ4n) is 3.04. The van der Waals surface area contributed by atoms with Crippen LogP contribution in [0.25, 0.3) is 0 Å². The van der Waals surface area contributed by atoms with Crippen LogP contribution in [0.4, 0.5) is 4.79 Å². The Morgan fingerprint density at radius 2 is 2.11 bits per heavy atom. The quantitative estimate of drug-likeness (QED) is 0.497. The van der Waals surface area contributed by atoms with Gasteiger partial charge >= 0.3 is 6.09 Å². The summed E-state index contributed by atoms with van der Waals surface area (Å²) in [7, 11) is 0. The van der Waals surface area contributed by atoms with Crippen LogP contribution in [-0.2, 0) is 9.53 Å². The lowest BCUT2D eigenvalue weighted by Crippen LogP contribution is -2.35. The average Bonchev–Trinajstić information content (AvgIpc) is 3.41. The van der Waals surface area contributed by atoms with E-state index in [-0.39, 0.29) is 23.8 Å². The summed E-state index contributed by atoms with van der Waals surface area (Å²) in [6, 6.07) is 3.57. The summed E-state index contributed by atoms with van der Waals surface area (Å²) in [6.07, 6.45) is 6.89. The fourth-order valence-corrected chi connectivity index (χ4v) is 3.04. The predicted molar refractivity (Wildman–Crippen MR) is 110 cm³/mol. The molecule has 0 aromatic carbocycles. The van der Waals surface area contributed by atoms with Gasteiger partial charge in [0.25, 0.3) is 0 Å². The molecule has 6 nitrogen and oxygen atoms in total. The van der Waals surface area contributed by atoms with Crippen molar-refractivity contribution in [2.24, 2.45) is 5.92 Å². The van der Waals surface area contributed by atoms with E-state index in [9.17, 15) is 9.59 Å². The van der Waals surface area contributed by atoms with Gasteiger partial charge in [-0.05, 0) is 63.6 Å². The second kappa shape index (κ2) is 9.53. The molecular weight excluding hydrogens is 354 g/mol. The zero-order valence-electron chi connectivity index (χ0n) is 17.0. The van der Waals surface area contributed by atoms with Crippen molar-refractivity contribution in [3.05, 3.63) is 54.9 Å². The highest BCUT2D eigenvalue weighted by molar-refractivity contribution is 5.82. The topological polar surface area (TPSA) is 80.3 Å². The molecule has 1 unspecified atom stereocenters. The minimum absolute atomic E-state index is 0.00302. The van der Waals surface area contributed by atoms with Gasteiger partial charge in [-0.2, -0.15) is 0 Å². The van der Waals surface area contributed by atoms with Gasteiger partial charge in [-0.15, -0.1) is 13.2 Å². The second-order valence-corrected chi connectivity index (χ2v) is 8.05. The molecule has 1 aromatic heterocycles. The Morgan fingerprint density at radius 1 is 1.36 bits per heavy atom. The monoisotopic (exact) mass is 385 g/mol. The molecular formula is C22H31N3O3. The zero-order chi connectivity index (χ0) is 20.7. The number of carbonyl (C=O) groups is 2. The molecule has 3 atom stereocenters. The van der Waals surface area contributed by atoms with Crippen molar-refractivity contribution in [1.82, 2.24) is 15.6 Å². The van der Waals surface area contributed by atoms with Crippen LogP contribution in [0.5, 0.6) is 0 Å². The van der Waals surface area contributed by atoms with Gasteiger partial charge in [-0.1, -0.05) is 12.2 Å². The molecule has 0 saturated heterocycles. The van der Waals surface area contributed by atoms with E-state index >= 15 is 0 Å². The first kappa shape index (κ1) is 21.7. The maximum atomic E-state index is 12.2. The summed E-state index contributed by atoms with van der Waals surface area (Å²) in [5, 5.41) is 5.80. The SMILES string of the molecule is C=CCCNC(=O)[C@@H]1C[C@@H]1c1ccnc(C(CC=C)NC(=O)OC(C)(C)C)c1. The molecule has 0 radical (unpaired) electrons. The Hall–Kier alpha value is -2.63. The van der Waals surface area contributed by atoms with Crippen LogP contribution in [-0.4, -0.2) is 29.1 Å². The first-order valence-electron chi connectivity index (χ1n) is 9.70. The van der Waals surface area contributed by atoms with Crippen LogP contribution in [0.3, 0.4) is 0 Å². The van der Waals surface area contributed by atoms with E-state index in [1.807, 2.05) is 32.9 Å². The number of amides is 2. The zero-order valence-corrected chi connectivity index (χ0v) is 17.0. The van der Waals surface area contributed by atoms with Crippen LogP contribution in [0.2, 0.25) is 0 Å². The average molecular weight is 386 g/mol. The summed E-state index contributed by atoms with van der Waals surface area (Å²) in [5.41, 5.74) is 1.23. The van der Waals surface area contributed by atoms with E-state index in [1.54, 1.807) is 18.3 Å². The lowest BCUT2D eigenvalue weighted by molar-refractivity contribution is -0.122. The molecule has 1 saturated carbocycles. The Labute approximate surface area is 167 Å². The van der Waals surface area contributed by atoms with E-state index in [0.29, 0.717) is 13.0 Å². The van der Waals surface area contributed by atoms with Crippen LogP contribution < -0.4 is 10.6 Å². The highest BCUT2D eigenvalue weighted by atomic mass is 16.6. The maximum Gasteiger partial charge on any atom is 0.408 e. The van der Waals surface area contributed by atoms with Gasteiger partial charge in [0.05, 0.1) is 11.7 Å². The van der Waals surface area contributed by atoms with E-state index in [1.165, 1.54) is 0 Å². The number of carbonyl (C=O) groups excluding carboxylic acids is 2. The molecule has 1 aromatic rings. The van der Waals surface area contributed by atoms with Crippen molar-refractivity contribution < 1.29 is 14.3 Å². The summed E-state index contributed by atoms with van der Waals surface area (Å²) in [5.74, 6) is 0.271. The van der Waals surface area contributed by atoms with Crippen LogP contribution in [0.15, 0.2) is 43.6 Å². The number of aromatic nitrogens is 1. The van der Waals surface area contributed by atoms with Gasteiger partial charge in [-0.25, -0.2) is 4.79 Å². The number of nitrogens with one attached hydrogen (secondary N) is 2. The van der Waals surface area contributed by atoms with Crippen molar-refractivity contribution >= 4 is 12.0 Å². The van der Waals surface area contributed by atoms with Crippen molar-refractivity contribution in [3.8, 4) is 0 Å². The second-order valence-electron chi connectivity index (χ2n) is 8.05. The molecule has 1 aliphatic rings. The van der Waals surface area contributed by atoms with Crippen molar-refractivity contribution in [2.75, 3.05) is 6.54 Å². The van der Waals surface area contributed by atoms with E-state index in [0.717, 1.165) is 24.1 Å². The normalized spacial score (nSPS) is 19.2. The summed E-state index contributed by atoms with van der Waals surface area (Å²) in [4.78, 5) is 28.8. The smallest absolute Gasteiger partial charge is 0.408 e. The lowest BCUT2D eigenvalue weighted by atomic mass is 10.0. The number of ether oxygens (including phenoxy) is 1. The number of rotatable bonds is 9. The van der Waals surface area contributed by atoms with Gasteiger partial charge in [0.2, 0.25) is 5.91 Å². The van der Waals surface area contributed by atoms with E-state index in [2.05, 4.69) is 28.8 Å². The standard InChI is InChI=1S/C22H31N3O3/c1-6-8-11-24-20(26)17-14-16(17)15-10-12-23-19(13-15)18(9-7-2)25-21(27)28-22(3,4)5/h6-7,10,12-13,16-18H,1-2,8-9,11,14H2,3-5H3,(H,24,26)(H,25,27)/t16-,17-,18?/m1/s1. The first-order chi connectivity index (χ1) is 13.2. The lowest BCUT2D eigenvalue weighted by Gasteiger charge is -2.23. The molecule has 2 N–H and O–H groups in total. The maximum absolute atomic E-state index is 12.2. The fraction of sp³-hybridized carbons (Fsp3) is 0.500. The molecule has 2 amide bonds. The van der Waals surface area contributed by atoms with Gasteiger partial charge in [-0.3, -0.25) is 9.78 Å². The van der Waals surface area contributed by atoms with E-state index in [4.69, 9.17) is 4.74 Å². The van der Waals surface area contributed by atoms with Gasteiger partial charge in [0.15, 0.2) is 0 Å². The van der Waals surface area contributed by atoms with E-state index < -0.39 is 11.7 Å². The molecule has 1 heterocycles. The third-order valence-corrected chi connectivity index (χ3v) is 4.46. The van der Waals surface area contributed by atoms with Crippen molar-refractivity contribution in [3.63, 3.8) is 0 Å². The number of hydrogen-bond donors (Lipinski definition) is 2. The summed E-state index contributed by atoms with van der Waals surface area (Å²) >= 11 is 0. The molecule has 1 aliphatic carbocycles. The molecule has 152 valence electrons. The van der Waals surface area contributed by atoms with Crippen LogP contribution >= 0.6 is 0 Å². The Balaban J connectivity index is 2.03. The highest BCUT2D eigenvalue weighted by Gasteiger charge is 2.44. The molecule has 0 aliphatic heterocycles.